The normalized spacial score (nSPS) is 12.5. The van der Waals surface area contributed by atoms with E-state index in [-0.39, 0.29) is 26.5 Å². The summed E-state index contributed by atoms with van der Waals surface area (Å²) in [5, 5.41) is 5.23. The molecule has 0 aromatic heterocycles. The van der Waals surface area contributed by atoms with Crippen LogP contribution in [0.3, 0.4) is 0 Å². The van der Waals surface area contributed by atoms with E-state index in [0.29, 0.717) is 5.56 Å². The van der Waals surface area contributed by atoms with Crippen LogP contribution in [-0.4, -0.2) is 34.5 Å². The van der Waals surface area contributed by atoms with Crippen molar-refractivity contribution in [3.8, 4) is 0 Å². The Morgan fingerprint density at radius 1 is 1.19 bits per heavy atom. The molecule has 1 rings (SSSR count). The lowest BCUT2D eigenvalue weighted by atomic mass is 10.1. The van der Waals surface area contributed by atoms with Crippen LogP contribution in [0.25, 0.3) is 0 Å². The van der Waals surface area contributed by atoms with Crippen molar-refractivity contribution in [1.29, 1.82) is 0 Å². The van der Waals surface area contributed by atoms with Gasteiger partial charge in [-0.1, -0.05) is 50.7 Å². The van der Waals surface area contributed by atoms with Crippen molar-refractivity contribution in [3.63, 3.8) is 0 Å². The third-order valence-electron chi connectivity index (χ3n) is 2.36. The number of carbonyl (C=O) groups excluding carboxylic acids is 2. The topological polar surface area (TPSA) is 113 Å². The molecule has 116 valence electrons. The number of carbonyl (C=O) groups is 2. The molecule has 1 atom stereocenters. The van der Waals surface area contributed by atoms with Crippen LogP contribution in [0.15, 0.2) is 29.2 Å². The summed E-state index contributed by atoms with van der Waals surface area (Å²) in [7, 11) is -4.28. The second-order valence-corrected chi connectivity index (χ2v) is 6.62. The summed E-state index contributed by atoms with van der Waals surface area (Å²) in [6.07, 6.45) is -0.784. The lowest BCUT2D eigenvalue weighted by Gasteiger charge is -2.20. The molecule has 0 spiro atoms. The molecular weight excluding hydrogens is 479 g/mol. The highest BCUT2D eigenvalue weighted by Gasteiger charge is 2.17. The van der Waals surface area contributed by atoms with Gasteiger partial charge in [0.05, 0.1) is 14.7 Å². The lowest BCUT2D eigenvalue weighted by molar-refractivity contribution is -0.121. The van der Waals surface area contributed by atoms with Gasteiger partial charge in [-0.05, 0) is 17.7 Å². The fourth-order valence-electron chi connectivity index (χ4n) is 1.43. The average Bonchev–Trinajstić information content (AvgIpc) is 2.45. The molecule has 21 heavy (non-hydrogen) atoms. The van der Waals surface area contributed by atoms with Gasteiger partial charge in [0.25, 0.3) is 10.1 Å². The third-order valence-corrected chi connectivity index (χ3v) is 4.43. The zero-order valence-electron chi connectivity index (χ0n) is 10.5. The molecule has 0 fully saturated rings. The van der Waals surface area contributed by atoms with Crippen molar-refractivity contribution in [3.05, 3.63) is 29.8 Å². The summed E-state index contributed by atoms with van der Waals surface area (Å²) in [6.45, 7) is 0. The first-order valence-electron chi connectivity index (χ1n) is 5.56. The molecule has 1 unspecified atom stereocenters. The van der Waals surface area contributed by atoms with Crippen LogP contribution in [0.5, 0.6) is 0 Å². The van der Waals surface area contributed by atoms with Crippen LogP contribution in [-0.2, 0) is 19.7 Å². The Kier molecular flexibility index (Phi) is 7.03. The smallest absolute Gasteiger partial charge is 0.294 e. The third kappa shape index (κ3) is 5.88. The minimum atomic E-state index is -4.28. The van der Waals surface area contributed by atoms with Crippen LogP contribution >= 0.6 is 38.5 Å². The van der Waals surface area contributed by atoms with Crippen molar-refractivity contribution >= 4 is 60.5 Å². The van der Waals surface area contributed by atoms with E-state index in [1.165, 1.54) is 24.3 Å². The van der Waals surface area contributed by atoms with Gasteiger partial charge in [0.2, 0.25) is 11.8 Å². The highest BCUT2D eigenvalue weighted by Crippen LogP contribution is 2.15. The van der Waals surface area contributed by atoms with Gasteiger partial charge in [-0.3, -0.25) is 14.1 Å². The summed E-state index contributed by atoms with van der Waals surface area (Å²) >= 11 is 4.88. The van der Waals surface area contributed by atoms with Gasteiger partial charge in [-0.25, -0.2) is 0 Å². The average molecular weight is 491 g/mol. The van der Waals surface area contributed by atoms with Gasteiger partial charge >= 0.3 is 0 Å². The van der Waals surface area contributed by atoms with Crippen LogP contribution in [0.2, 0.25) is 0 Å². The second-order valence-electron chi connectivity index (χ2n) is 3.88. The number of benzene rings is 1. The molecule has 0 saturated heterocycles. The predicted molar refractivity (Wildman–Crippen MR) is 88.0 cm³/mol. The molecule has 0 saturated carbocycles. The highest BCUT2D eigenvalue weighted by molar-refractivity contribution is 14.1. The maximum Gasteiger partial charge on any atom is 0.294 e. The van der Waals surface area contributed by atoms with Gasteiger partial charge in [0.15, 0.2) is 0 Å². The van der Waals surface area contributed by atoms with Gasteiger partial charge in [-0.15, -0.1) is 0 Å². The summed E-state index contributed by atoms with van der Waals surface area (Å²) < 4.78 is 31.1. The Balaban J connectivity index is 3.02. The molecule has 1 aromatic carbocycles. The van der Waals surface area contributed by atoms with Crippen LogP contribution < -0.4 is 10.6 Å². The monoisotopic (exact) mass is 490 g/mol. The molecular formula is C11H12BrIN2O5S. The first-order chi connectivity index (χ1) is 9.77. The molecule has 1 aromatic rings. The summed E-state index contributed by atoms with van der Waals surface area (Å²) in [5.74, 6) is -0.623. The molecule has 3 N–H and O–H groups in total. The van der Waals surface area contributed by atoms with Gasteiger partial charge in [0.1, 0.15) is 6.17 Å². The van der Waals surface area contributed by atoms with Crippen molar-refractivity contribution in [1.82, 2.24) is 10.6 Å². The fraction of sp³-hybridized carbons (Fsp3) is 0.273. The van der Waals surface area contributed by atoms with Crippen molar-refractivity contribution in [2.24, 2.45) is 0 Å². The maximum atomic E-state index is 11.5. The number of rotatable bonds is 6. The zero-order chi connectivity index (χ0) is 16.0. The van der Waals surface area contributed by atoms with E-state index in [0.717, 1.165) is 0 Å². The summed E-state index contributed by atoms with van der Waals surface area (Å²) in [6, 6.07) is 5.17. The Bertz CT molecular complexity index is 602. The number of hydrogen-bond donors (Lipinski definition) is 3. The molecule has 0 aliphatic carbocycles. The summed E-state index contributed by atoms with van der Waals surface area (Å²) in [5.41, 5.74) is 0.481. The maximum absolute atomic E-state index is 11.5. The van der Waals surface area contributed by atoms with E-state index in [4.69, 9.17) is 4.55 Å². The quantitative estimate of drug-likeness (QED) is 0.238. The van der Waals surface area contributed by atoms with Crippen molar-refractivity contribution in [2.45, 2.75) is 11.1 Å². The Labute approximate surface area is 143 Å². The standard InChI is InChI=1S/C11H12BrIN2O5S/c12-5-9(16)14-11(15-10(17)6-13)7-1-3-8(4-2-7)21(18,19)20/h1-4,11H,5-6H2,(H,14,16)(H,15,17)(H,18,19,20). The van der Waals surface area contributed by atoms with Gasteiger partial charge < -0.3 is 10.6 Å². The number of nitrogens with one attached hydrogen (secondary N) is 2. The van der Waals surface area contributed by atoms with Crippen LogP contribution in [0.1, 0.15) is 11.7 Å². The Hall–Kier alpha value is -0.720. The number of halogens is 2. The van der Waals surface area contributed by atoms with E-state index in [1.54, 1.807) is 0 Å². The number of amides is 2. The first kappa shape index (κ1) is 18.3. The highest BCUT2D eigenvalue weighted by atomic mass is 127. The van der Waals surface area contributed by atoms with Crippen LogP contribution in [0.4, 0.5) is 0 Å². The summed E-state index contributed by atoms with van der Waals surface area (Å²) in [4.78, 5) is 22.7. The number of alkyl halides is 2. The second kappa shape index (κ2) is 8.06. The minimum absolute atomic E-state index is 0.0622. The Morgan fingerprint density at radius 3 is 2.14 bits per heavy atom. The molecule has 0 aliphatic heterocycles. The van der Waals surface area contributed by atoms with Crippen LogP contribution in [0, 0.1) is 0 Å². The number of hydrogen-bond acceptors (Lipinski definition) is 4. The predicted octanol–water partition coefficient (Wildman–Crippen LogP) is 0.994. The molecule has 10 heteroatoms. The van der Waals surface area contributed by atoms with E-state index < -0.39 is 16.3 Å². The SMILES string of the molecule is O=C(CBr)NC(NC(=O)CI)c1ccc(S(=O)(=O)O)cc1. The van der Waals surface area contributed by atoms with E-state index in [9.17, 15) is 18.0 Å². The van der Waals surface area contributed by atoms with E-state index >= 15 is 0 Å². The molecule has 0 bridgehead atoms. The van der Waals surface area contributed by atoms with Gasteiger partial charge in [0, 0.05) is 0 Å². The van der Waals surface area contributed by atoms with Crippen molar-refractivity contribution < 1.29 is 22.6 Å². The molecule has 2 amide bonds. The first-order valence-corrected chi connectivity index (χ1v) is 9.64. The minimum Gasteiger partial charge on any atom is -0.331 e. The molecule has 0 heterocycles. The molecule has 0 radical (unpaired) electrons. The fourth-order valence-corrected chi connectivity index (χ4v) is 2.30. The molecule has 0 aliphatic rings. The van der Waals surface area contributed by atoms with Gasteiger partial charge in [-0.2, -0.15) is 8.42 Å². The van der Waals surface area contributed by atoms with Crippen molar-refractivity contribution in [2.75, 3.05) is 9.76 Å². The van der Waals surface area contributed by atoms with E-state index in [1.807, 2.05) is 22.6 Å². The lowest BCUT2D eigenvalue weighted by Crippen LogP contribution is -2.41. The van der Waals surface area contributed by atoms with E-state index in [2.05, 4.69) is 26.6 Å². The zero-order valence-corrected chi connectivity index (χ0v) is 15.1. The molecule has 7 nitrogen and oxygen atoms in total. The Morgan fingerprint density at radius 2 is 1.71 bits per heavy atom. The largest absolute Gasteiger partial charge is 0.331 e.